The van der Waals surface area contributed by atoms with Crippen LogP contribution in [0.3, 0.4) is 0 Å². The van der Waals surface area contributed by atoms with Crippen LogP contribution >= 0.6 is 0 Å². The summed E-state index contributed by atoms with van der Waals surface area (Å²) in [7, 11) is 0. The summed E-state index contributed by atoms with van der Waals surface area (Å²) in [5.74, 6) is 0.972. The van der Waals surface area contributed by atoms with Crippen LogP contribution in [0, 0.1) is 11.3 Å². The third-order valence-electron chi connectivity index (χ3n) is 5.43. The van der Waals surface area contributed by atoms with E-state index in [9.17, 15) is 0 Å². The van der Waals surface area contributed by atoms with Crippen LogP contribution in [0.25, 0.3) is 0 Å². The Morgan fingerprint density at radius 1 is 1.27 bits per heavy atom. The van der Waals surface area contributed by atoms with Gasteiger partial charge in [0, 0.05) is 50.0 Å². The van der Waals surface area contributed by atoms with Gasteiger partial charge in [-0.25, -0.2) is 0 Å². The summed E-state index contributed by atoms with van der Waals surface area (Å²) in [5.41, 5.74) is 1.56. The highest BCUT2D eigenvalue weighted by atomic mass is 16.5. The Labute approximate surface area is 133 Å². The molecule has 1 aromatic rings. The number of rotatable bonds is 4. The lowest BCUT2D eigenvalue weighted by atomic mass is 9.80. The molecule has 1 spiro atoms. The quantitative estimate of drug-likeness (QED) is 0.920. The van der Waals surface area contributed by atoms with Crippen LogP contribution in [-0.4, -0.2) is 65.9 Å². The molecule has 0 bridgehead atoms. The number of nitrogens with zero attached hydrogens (tertiary/aromatic N) is 3. The van der Waals surface area contributed by atoms with Crippen LogP contribution in [0.15, 0.2) is 12.3 Å². The van der Waals surface area contributed by atoms with Gasteiger partial charge in [-0.2, -0.15) is 5.10 Å². The second-order valence-electron chi connectivity index (χ2n) is 7.63. The summed E-state index contributed by atoms with van der Waals surface area (Å²) >= 11 is 0. The van der Waals surface area contributed by atoms with Crippen LogP contribution in [0.1, 0.15) is 31.4 Å². The van der Waals surface area contributed by atoms with Gasteiger partial charge >= 0.3 is 0 Å². The van der Waals surface area contributed by atoms with Gasteiger partial charge in [-0.3, -0.25) is 10.00 Å². The average Bonchev–Trinajstić information content (AvgIpc) is 3.22. The Balaban J connectivity index is 1.41. The number of nitrogens with one attached hydrogen (secondary N) is 1. The molecule has 1 aromatic heterocycles. The van der Waals surface area contributed by atoms with Crippen molar-refractivity contribution in [1.29, 1.82) is 0 Å². The van der Waals surface area contributed by atoms with Crippen molar-refractivity contribution in [1.82, 2.24) is 20.0 Å². The molecule has 0 aromatic carbocycles. The fraction of sp³-hybridized carbons (Fsp3) is 0.824. The summed E-state index contributed by atoms with van der Waals surface area (Å²) in [6.07, 6.45) is 7.33. The smallest absolute Gasteiger partial charge is 0.0593 e. The molecular formula is C17H28N4O. The standard InChI is InChI=1S/C17H28N4O/c1-5-17(12-20(7-1)11-16-4-6-18-19-16)13-21(8-9-22-14-17)10-15-2-3-15/h4,6,15H,1-3,5,7-14H2,(H,18,19). The van der Waals surface area contributed by atoms with Crippen LogP contribution in [0.2, 0.25) is 0 Å². The minimum absolute atomic E-state index is 0.337. The highest BCUT2D eigenvalue weighted by molar-refractivity contribution is 4.99. The number of H-pyrrole nitrogens is 1. The Hall–Kier alpha value is -0.910. The van der Waals surface area contributed by atoms with Crippen molar-refractivity contribution >= 4 is 0 Å². The molecule has 3 heterocycles. The molecule has 3 aliphatic rings. The largest absolute Gasteiger partial charge is 0.379 e. The van der Waals surface area contributed by atoms with Gasteiger partial charge in [0.1, 0.15) is 0 Å². The molecule has 1 saturated carbocycles. The Kier molecular flexibility index (Phi) is 4.20. The zero-order valence-electron chi connectivity index (χ0n) is 13.5. The Morgan fingerprint density at radius 3 is 3.00 bits per heavy atom. The third-order valence-corrected chi connectivity index (χ3v) is 5.43. The molecule has 5 nitrogen and oxygen atoms in total. The lowest BCUT2D eigenvalue weighted by molar-refractivity contribution is 0.00239. The minimum Gasteiger partial charge on any atom is -0.379 e. The first-order valence-corrected chi connectivity index (χ1v) is 8.82. The average molecular weight is 304 g/mol. The molecule has 5 heteroatoms. The minimum atomic E-state index is 0.337. The van der Waals surface area contributed by atoms with E-state index in [1.54, 1.807) is 0 Å². The van der Waals surface area contributed by atoms with Gasteiger partial charge in [-0.15, -0.1) is 0 Å². The van der Waals surface area contributed by atoms with Crippen LogP contribution in [-0.2, 0) is 11.3 Å². The molecular weight excluding hydrogens is 276 g/mol. The number of hydrogen-bond donors (Lipinski definition) is 1. The maximum atomic E-state index is 6.02. The Bertz CT molecular complexity index is 473. The molecule has 0 radical (unpaired) electrons. The number of aromatic nitrogens is 2. The maximum absolute atomic E-state index is 6.02. The summed E-state index contributed by atoms with van der Waals surface area (Å²) in [5, 5.41) is 7.17. The van der Waals surface area contributed by atoms with Crippen molar-refractivity contribution in [2.75, 3.05) is 45.9 Å². The zero-order valence-corrected chi connectivity index (χ0v) is 13.5. The zero-order chi connectivity index (χ0) is 14.8. The van der Waals surface area contributed by atoms with E-state index in [0.29, 0.717) is 5.41 Å². The third kappa shape index (κ3) is 3.53. The number of aromatic amines is 1. The predicted molar refractivity (Wildman–Crippen MR) is 85.5 cm³/mol. The van der Waals surface area contributed by atoms with Gasteiger partial charge in [0.05, 0.1) is 13.2 Å². The first kappa shape index (κ1) is 14.7. The molecule has 2 saturated heterocycles. The lowest BCUT2D eigenvalue weighted by Crippen LogP contribution is -2.50. The summed E-state index contributed by atoms with van der Waals surface area (Å²) in [4.78, 5) is 5.27. The van der Waals surface area contributed by atoms with E-state index in [0.717, 1.165) is 38.8 Å². The van der Waals surface area contributed by atoms with Crippen LogP contribution < -0.4 is 0 Å². The molecule has 1 unspecified atom stereocenters. The first-order chi connectivity index (χ1) is 10.8. The maximum Gasteiger partial charge on any atom is 0.0593 e. The number of ether oxygens (including phenoxy) is 1. The second-order valence-corrected chi connectivity index (χ2v) is 7.63. The Morgan fingerprint density at radius 2 is 2.18 bits per heavy atom. The monoisotopic (exact) mass is 304 g/mol. The summed E-state index contributed by atoms with van der Waals surface area (Å²) in [6, 6.07) is 2.09. The molecule has 1 N–H and O–H groups in total. The van der Waals surface area contributed by atoms with Gasteiger partial charge in [0.2, 0.25) is 0 Å². The highest BCUT2D eigenvalue weighted by Gasteiger charge is 2.39. The summed E-state index contributed by atoms with van der Waals surface area (Å²) < 4.78 is 6.02. The van der Waals surface area contributed by atoms with E-state index in [2.05, 4.69) is 26.1 Å². The van der Waals surface area contributed by atoms with Crippen molar-refractivity contribution in [2.24, 2.45) is 11.3 Å². The van der Waals surface area contributed by atoms with E-state index in [1.165, 1.54) is 51.0 Å². The molecule has 0 amide bonds. The normalized spacial score (nSPS) is 31.5. The van der Waals surface area contributed by atoms with E-state index in [1.807, 2.05) is 6.20 Å². The fourth-order valence-electron chi connectivity index (χ4n) is 4.21. The van der Waals surface area contributed by atoms with Crippen LogP contribution in [0.4, 0.5) is 0 Å². The molecule has 1 atom stereocenters. The van der Waals surface area contributed by atoms with Gasteiger partial charge in [0.25, 0.3) is 0 Å². The van der Waals surface area contributed by atoms with Crippen LogP contribution in [0.5, 0.6) is 0 Å². The topological polar surface area (TPSA) is 44.4 Å². The van der Waals surface area contributed by atoms with Gasteiger partial charge in [-0.1, -0.05) is 0 Å². The number of hydrogen-bond acceptors (Lipinski definition) is 4. The van der Waals surface area contributed by atoms with E-state index >= 15 is 0 Å². The molecule has 122 valence electrons. The van der Waals surface area contributed by atoms with Crippen molar-refractivity contribution < 1.29 is 4.74 Å². The van der Waals surface area contributed by atoms with E-state index in [-0.39, 0.29) is 0 Å². The van der Waals surface area contributed by atoms with Crippen molar-refractivity contribution in [3.63, 3.8) is 0 Å². The molecule has 2 aliphatic heterocycles. The molecule has 22 heavy (non-hydrogen) atoms. The summed E-state index contributed by atoms with van der Waals surface area (Å²) in [6.45, 7) is 8.84. The molecule has 1 aliphatic carbocycles. The fourth-order valence-corrected chi connectivity index (χ4v) is 4.21. The number of piperidine rings is 1. The highest BCUT2D eigenvalue weighted by Crippen LogP contribution is 2.36. The number of likely N-dealkylation sites (tertiary alicyclic amines) is 1. The SMILES string of the molecule is c1cc(CN2CCCC3(COCCN(CC4CC4)C3)C2)[nH]n1. The first-order valence-electron chi connectivity index (χ1n) is 8.82. The molecule has 3 fully saturated rings. The van der Waals surface area contributed by atoms with Crippen molar-refractivity contribution in [3.8, 4) is 0 Å². The van der Waals surface area contributed by atoms with E-state index in [4.69, 9.17) is 4.74 Å². The van der Waals surface area contributed by atoms with E-state index < -0.39 is 0 Å². The second kappa shape index (κ2) is 6.30. The van der Waals surface area contributed by atoms with Gasteiger partial charge in [0.15, 0.2) is 0 Å². The van der Waals surface area contributed by atoms with Crippen molar-refractivity contribution in [2.45, 2.75) is 32.2 Å². The molecule has 4 rings (SSSR count). The predicted octanol–water partition coefficient (Wildman–Crippen LogP) is 1.73. The lowest BCUT2D eigenvalue weighted by Gasteiger charge is -2.43. The van der Waals surface area contributed by atoms with Gasteiger partial charge in [-0.05, 0) is 44.2 Å². The van der Waals surface area contributed by atoms with Gasteiger partial charge < -0.3 is 9.64 Å². The van der Waals surface area contributed by atoms with Crippen molar-refractivity contribution in [3.05, 3.63) is 18.0 Å².